The quantitative estimate of drug-likeness (QED) is 0.565. The molecule has 8 nitrogen and oxygen atoms in total. The summed E-state index contributed by atoms with van der Waals surface area (Å²) in [7, 11) is 0. The van der Waals surface area contributed by atoms with Gasteiger partial charge in [0, 0.05) is 48.8 Å². The first-order valence-corrected chi connectivity index (χ1v) is 13.0. The Bertz CT molecular complexity index is 1230. The van der Waals surface area contributed by atoms with Gasteiger partial charge in [0.2, 0.25) is 11.8 Å². The smallest absolute Gasteiger partial charge is 0.268 e. The standard InChI is InChI=1S/C29H33N3O5/c1-20(8-5-12-26(34)31-16-6-11-23(31)19-33)29(37)24-18-22(30-17-7-13-27(30)35)14-15-25(24)32(28(29)36)21-9-3-2-4-10-21/h2-5,8-10,14-15,18,20,23,33,37H,6-7,11-13,16-17,19H2,1H3/b8-5+/t20-,23-,29+/m0/s1. The van der Waals surface area contributed by atoms with Gasteiger partial charge in [-0.3, -0.25) is 19.3 Å². The lowest BCUT2D eigenvalue weighted by Crippen LogP contribution is -2.43. The maximum Gasteiger partial charge on any atom is 0.268 e. The minimum atomic E-state index is -1.87. The number of carbonyl (C=O) groups is 3. The molecule has 3 heterocycles. The number of aliphatic hydroxyl groups excluding tert-OH is 1. The Balaban J connectivity index is 1.46. The molecule has 0 spiro atoms. The molecule has 3 aliphatic rings. The molecule has 2 aromatic carbocycles. The summed E-state index contributed by atoms with van der Waals surface area (Å²) in [6, 6.07) is 14.4. The molecule has 3 aliphatic heterocycles. The van der Waals surface area contributed by atoms with Crippen LogP contribution in [0.25, 0.3) is 0 Å². The molecule has 194 valence electrons. The van der Waals surface area contributed by atoms with Crippen molar-refractivity contribution in [1.82, 2.24) is 4.90 Å². The molecule has 3 atom stereocenters. The summed E-state index contributed by atoms with van der Waals surface area (Å²) in [6.07, 6.45) is 6.47. The van der Waals surface area contributed by atoms with E-state index in [1.54, 1.807) is 41.0 Å². The van der Waals surface area contributed by atoms with Crippen LogP contribution < -0.4 is 9.80 Å². The van der Waals surface area contributed by atoms with Crippen LogP contribution in [0.2, 0.25) is 0 Å². The minimum Gasteiger partial charge on any atom is -0.394 e. The van der Waals surface area contributed by atoms with E-state index >= 15 is 0 Å². The van der Waals surface area contributed by atoms with Crippen LogP contribution in [0.1, 0.15) is 44.6 Å². The number of hydrogen-bond acceptors (Lipinski definition) is 5. The first kappa shape index (κ1) is 25.2. The summed E-state index contributed by atoms with van der Waals surface area (Å²) in [6.45, 7) is 2.95. The molecule has 0 aliphatic carbocycles. The zero-order chi connectivity index (χ0) is 26.2. The fourth-order valence-corrected chi connectivity index (χ4v) is 5.77. The molecular weight excluding hydrogens is 470 g/mol. The Hall–Kier alpha value is -3.49. The predicted octanol–water partition coefficient (Wildman–Crippen LogP) is 3.25. The SMILES string of the molecule is C[C@@H](/C=C/CC(=O)N1CCC[C@H]1CO)[C@]1(O)C(=O)N(c2ccccc2)c2ccc(N3CCCC3=O)cc21. The number of hydrogen-bond donors (Lipinski definition) is 2. The van der Waals surface area contributed by atoms with Crippen molar-refractivity contribution in [2.45, 2.75) is 50.7 Å². The summed E-state index contributed by atoms with van der Waals surface area (Å²) in [4.78, 5) is 43.9. The number of amides is 3. The summed E-state index contributed by atoms with van der Waals surface area (Å²) in [5.74, 6) is -1.16. The van der Waals surface area contributed by atoms with E-state index < -0.39 is 17.4 Å². The van der Waals surface area contributed by atoms with Gasteiger partial charge in [-0.15, -0.1) is 0 Å². The molecular formula is C29H33N3O5. The van der Waals surface area contributed by atoms with Gasteiger partial charge in [-0.25, -0.2) is 0 Å². The lowest BCUT2D eigenvalue weighted by atomic mass is 9.82. The first-order valence-electron chi connectivity index (χ1n) is 13.0. The monoisotopic (exact) mass is 503 g/mol. The average Bonchev–Trinajstić information content (AvgIpc) is 3.62. The molecule has 2 fully saturated rings. The normalized spacial score (nSPS) is 24.4. The molecule has 0 saturated carbocycles. The zero-order valence-electron chi connectivity index (χ0n) is 21.0. The Kier molecular flexibility index (Phi) is 6.88. The van der Waals surface area contributed by atoms with Crippen LogP contribution >= 0.6 is 0 Å². The van der Waals surface area contributed by atoms with Crippen molar-refractivity contribution in [3.8, 4) is 0 Å². The number of anilines is 3. The zero-order valence-corrected chi connectivity index (χ0v) is 21.0. The summed E-state index contributed by atoms with van der Waals surface area (Å²) >= 11 is 0. The van der Waals surface area contributed by atoms with Crippen LogP contribution in [0.4, 0.5) is 17.1 Å². The molecule has 8 heteroatoms. The van der Waals surface area contributed by atoms with Gasteiger partial charge in [0.1, 0.15) is 0 Å². The molecule has 0 bridgehead atoms. The van der Waals surface area contributed by atoms with Gasteiger partial charge in [0.05, 0.1) is 18.3 Å². The van der Waals surface area contributed by atoms with Crippen LogP contribution in [0, 0.1) is 5.92 Å². The van der Waals surface area contributed by atoms with E-state index in [2.05, 4.69) is 0 Å². The Morgan fingerprint density at radius 2 is 1.89 bits per heavy atom. The van der Waals surface area contributed by atoms with Gasteiger partial charge in [0.25, 0.3) is 5.91 Å². The average molecular weight is 504 g/mol. The van der Waals surface area contributed by atoms with E-state index in [1.807, 2.05) is 36.4 Å². The molecule has 3 amide bonds. The largest absolute Gasteiger partial charge is 0.394 e. The lowest BCUT2D eigenvalue weighted by Gasteiger charge is -2.28. The van der Waals surface area contributed by atoms with E-state index in [4.69, 9.17) is 0 Å². The number of aliphatic hydroxyl groups is 2. The van der Waals surface area contributed by atoms with Crippen molar-refractivity contribution >= 4 is 34.8 Å². The fourth-order valence-electron chi connectivity index (χ4n) is 5.77. The van der Waals surface area contributed by atoms with E-state index in [0.29, 0.717) is 42.1 Å². The maximum atomic E-state index is 13.9. The number of fused-ring (bicyclic) bond motifs is 1. The predicted molar refractivity (Wildman–Crippen MR) is 140 cm³/mol. The summed E-state index contributed by atoms with van der Waals surface area (Å²) in [5.41, 5.74) is 0.461. The van der Waals surface area contributed by atoms with Crippen LogP contribution in [0.3, 0.4) is 0 Å². The maximum absolute atomic E-state index is 13.9. The minimum absolute atomic E-state index is 0.0299. The summed E-state index contributed by atoms with van der Waals surface area (Å²) < 4.78 is 0. The number of para-hydroxylation sites is 1. The second-order valence-corrected chi connectivity index (χ2v) is 10.1. The molecule has 0 aromatic heterocycles. The summed E-state index contributed by atoms with van der Waals surface area (Å²) in [5, 5.41) is 21.6. The Morgan fingerprint density at radius 3 is 2.59 bits per heavy atom. The van der Waals surface area contributed by atoms with Crippen molar-refractivity contribution in [2.75, 3.05) is 29.5 Å². The van der Waals surface area contributed by atoms with E-state index in [1.165, 1.54) is 4.90 Å². The van der Waals surface area contributed by atoms with Gasteiger partial charge in [-0.05, 0) is 49.6 Å². The second-order valence-electron chi connectivity index (χ2n) is 10.1. The highest BCUT2D eigenvalue weighted by Gasteiger charge is 2.53. The van der Waals surface area contributed by atoms with Gasteiger partial charge in [-0.1, -0.05) is 37.3 Å². The number of carbonyl (C=O) groups excluding carboxylic acids is 3. The van der Waals surface area contributed by atoms with E-state index in [9.17, 15) is 24.6 Å². The third kappa shape index (κ3) is 4.34. The first-order chi connectivity index (χ1) is 17.9. The highest BCUT2D eigenvalue weighted by molar-refractivity contribution is 6.12. The fraction of sp³-hybridized carbons (Fsp3) is 0.414. The van der Waals surface area contributed by atoms with Crippen molar-refractivity contribution in [3.63, 3.8) is 0 Å². The van der Waals surface area contributed by atoms with Crippen LogP contribution in [0.5, 0.6) is 0 Å². The third-order valence-corrected chi connectivity index (χ3v) is 7.84. The lowest BCUT2D eigenvalue weighted by molar-refractivity contribution is -0.138. The number of benzene rings is 2. The Labute approximate surface area is 216 Å². The van der Waals surface area contributed by atoms with Crippen LogP contribution in [-0.4, -0.2) is 58.6 Å². The highest BCUT2D eigenvalue weighted by atomic mass is 16.3. The molecule has 2 aromatic rings. The highest BCUT2D eigenvalue weighted by Crippen LogP contribution is 2.49. The van der Waals surface area contributed by atoms with Gasteiger partial charge < -0.3 is 20.0 Å². The Morgan fingerprint density at radius 1 is 1.11 bits per heavy atom. The molecule has 2 N–H and O–H groups in total. The second kappa shape index (κ2) is 10.1. The van der Waals surface area contributed by atoms with Gasteiger partial charge in [-0.2, -0.15) is 0 Å². The topological polar surface area (TPSA) is 101 Å². The van der Waals surface area contributed by atoms with Gasteiger partial charge >= 0.3 is 0 Å². The molecule has 37 heavy (non-hydrogen) atoms. The van der Waals surface area contributed by atoms with Crippen molar-refractivity contribution in [2.24, 2.45) is 5.92 Å². The van der Waals surface area contributed by atoms with Crippen LogP contribution in [-0.2, 0) is 20.0 Å². The molecule has 0 radical (unpaired) electrons. The molecule has 5 rings (SSSR count). The molecule has 0 unspecified atom stereocenters. The van der Waals surface area contributed by atoms with Gasteiger partial charge in [0.15, 0.2) is 5.60 Å². The number of rotatable bonds is 7. The van der Waals surface area contributed by atoms with Crippen LogP contribution in [0.15, 0.2) is 60.7 Å². The number of nitrogens with zero attached hydrogens (tertiary/aromatic N) is 3. The van der Waals surface area contributed by atoms with Crippen molar-refractivity contribution in [1.29, 1.82) is 0 Å². The van der Waals surface area contributed by atoms with E-state index in [-0.39, 0.29) is 30.9 Å². The van der Waals surface area contributed by atoms with Crippen molar-refractivity contribution < 1.29 is 24.6 Å². The third-order valence-electron chi connectivity index (χ3n) is 7.84. The van der Waals surface area contributed by atoms with E-state index in [0.717, 1.165) is 19.3 Å². The number of likely N-dealkylation sites (tertiary alicyclic amines) is 1. The van der Waals surface area contributed by atoms with Crippen molar-refractivity contribution in [3.05, 3.63) is 66.2 Å². The molecule has 2 saturated heterocycles.